The smallest absolute Gasteiger partial charge is 0.327 e. The van der Waals surface area contributed by atoms with E-state index in [1.807, 2.05) is 13.0 Å². The number of nitrogens with one attached hydrogen (secondary N) is 1. The summed E-state index contributed by atoms with van der Waals surface area (Å²) in [4.78, 5) is 10.5. The molecular weight excluding hydrogens is 346 g/mol. The van der Waals surface area contributed by atoms with Gasteiger partial charge in [0.15, 0.2) is 0 Å². The quantitative estimate of drug-likeness (QED) is 0.511. The van der Waals surface area contributed by atoms with Gasteiger partial charge in [-0.3, -0.25) is 0 Å². The second kappa shape index (κ2) is 8.70. The molecule has 138 valence electrons. The van der Waals surface area contributed by atoms with Crippen molar-refractivity contribution >= 4 is 17.6 Å². The largest absolute Gasteiger partial charge is 0.478 e. The van der Waals surface area contributed by atoms with E-state index in [9.17, 15) is 4.79 Å². The molecule has 0 amide bonds. The zero-order valence-corrected chi connectivity index (χ0v) is 15.8. The SMILES string of the molecule is Cc1ccc(CNC[C@@H]2[C@@H](/C=C\C/C=C/C(=O)O)[C@@H]3C=C[C@H]2C3)c(Cl)c1. The van der Waals surface area contributed by atoms with E-state index >= 15 is 0 Å². The first-order chi connectivity index (χ1) is 12.5. The highest BCUT2D eigenvalue weighted by Gasteiger charge is 2.42. The molecule has 1 saturated carbocycles. The van der Waals surface area contributed by atoms with Crippen molar-refractivity contribution in [2.75, 3.05) is 6.54 Å². The fourth-order valence-corrected chi connectivity index (χ4v) is 4.49. The lowest BCUT2D eigenvalue weighted by molar-refractivity contribution is -0.131. The summed E-state index contributed by atoms with van der Waals surface area (Å²) in [6.45, 7) is 3.80. The van der Waals surface area contributed by atoms with Crippen molar-refractivity contribution in [3.8, 4) is 0 Å². The lowest BCUT2D eigenvalue weighted by Crippen LogP contribution is -2.30. The van der Waals surface area contributed by atoms with E-state index in [2.05, 4.69) is 41.8 Å². The third kappa shape index (κ3) is 4.66. The maximum absolute atomic E-state index is 10.5. The molecule has 4 heteroatoms. The van der Waals surface area contributed by atoms with Gasteiger partial charge in [-0.15, -0.1) is 0 Å². The number of rotatable bonds is 8. The minimum absolute atomic E-state index is 0.532. The highest BCUT2D eigenvalue weighted by atomic mass is 35.5. The summed E-state index contributed by atoms with van der Waals surface area (Å²) in [5.41, 5.74) is 2.32. The minimum atomic E-state index is -0.891. The van der Waals surface area contributed by atoms with Gasteiger partial charge in [0.25, 0.3) is 0 Å². The molecule has 1 fully saturated rings. The standard InChI is InChI=1S/C22H26ClNO2/c1-15-7-8-18(21(23)11-15)13-24-14-20-17-10-9-16(12-17)19(20)5-3-2-4-6-22(25)26/h3-11,16-17,19-20,24H,2,12-14H2,1H3,(H,25,26)/b5-3-,6-4+/t16-,17+,19+,20+/m1/s1. The molecule has 1 aromatic carbocycles. The van der Waals surface area contributed by atoms with Crippen molar-refractivity contribution in [3.63, 3.8) is 0 Å². The fraction of sp³-hybridized carbons (Fsp3) is 0.409. The number of carboxylic acid groups (broad SMARTS) is 1. The Labute approximate surface area is 160 Å². The first-order valence-corrected chi connectivity index (χ1v) is 9.62. The van der Waals surface area contributed by atoms with Crippen molar-refractivity contribution in [1.29, 1.82) is 0 Å². The van der Waals surface area contributed by atoms with Gasteiger partial charge in [0.05, 0.1) is 0 Å². The van der Waals surface area contributed by atoms with E-state index in [4.69, 9.17) is 16.7 Å². The van der Waals surface area contributed by atoms with Crippen LogP contribution in [0, 0.1) is 30.6 Å². The van der Waals surface area contributed by atoms with Gasteiger partial charge in [0.1, 0.15) is 0 Å². The number of aryl methyl sites for hydroxylation is 1. The number of allylic oxidation sites excluding steroid dienone is 5. The van der Waals surface area contributed by atoms with Crippen molar-refractivity contribution in [2.45, 2.75) is 26.3 Å². The molecule has 1 aromatic rings. The van der Waals surface area contributed by atoms with Crippen molar-refractivity contribution in [3.05, 3.63) is 70.8 Å². The van der Waals surface area contributed by atoms with Crippen LogP contribution in [0.1, 0.15) is 24.0 Å². The Morgan fingerprint density at radius 3 is 2.88 bits per heavy atom. The van der Waals surface area contributed by atoms with Crippen LogP contribution < -0.4 is 5.32 Å². The third-order valence-corrected chi connectivity index (χ3v) is 5.84. The predicted molar refractivity (Wildman–Crippen MR) is 106 cm³/mol. The van der Waals surface area contributed by atoms with E-state index in [-0.39, 0.29) is 0 Å². The van der Waals surface area contributed by atoms with Crippen molar-refractivity contribution in [1.82, 2.24) is 5.32 Å². The van der Waals surface area contributed by atoms with Crippen LogP contribution in [0.2, 0.25) is 5.02 Å². The van der Waals surface area contributed by atoms with Gasteiger partial charge in [-0.1, -0.05) is 54.1 Å². The van der Waals surface area contributed by atoms with Gasteiger partial charge >= 0.3 is 5.97 Å². The average molecular weight is 372 g/mol. The van der Waals surface area contributed by atoms with Crippen LogP contribution in [0.4, 0.5) is 0 Å². The zero-order chi connectivity index (χ0) is 18.5. The maximum Gasteiger partial charge on any atom is 0.327 e. The Balaban J connectivity index is 1.54. The maximum atomic E-state index is 10.5. The minimum Gasteiger partial charge on any atom is -0.478 e. The number of hydrogen-bond acceptors (Lipinski definition) is 2. The molecule has 0 saturated heterocycles. The molecule has 2 aliphatic rings. The van der Waals surface area contributed by atoms with Crippen molar-refractivity contribution in [2.24, 2.45) is 23.7 Å². The third-order valence-electron chi connectivity index (χ3n) is 5.48. The highest BCUT2D eigenvalue weighted by molar-refractivity contribution is 6.31. The Morgan fingerprint density at radius 2 is 2.12 bits per heavy atom. The van der Waals surface area contributed by atoms with Crippen LogP contribution >= 0.6 is 11.6 Å². The number of fused-ring (bicyclic) bond motifs is 2. The molecule has 0 heterocycles. The van der Waals surface area contributed by atoms with Gasteiger partial charge < -0.3 is 10.4 Å². The van der Waals surface area contributed by atoms with E-state index in [1.54, 1.807) is 6.08 Å². The number of hydrogen-bond donors (Lipinski definition) is 2. The summed E-state index contributed by atoms with van der Waals surface area (Å²) >= 11 is 6.33. The molecule has 0 spiro atoms. The number of aliphatic carboxylic acids is 1. The number of carboxylic acids is 1. The number of benzene rings is 1. The fourth-order valence-electron chi connectivity index (χ4n) is 4.19. The summed E-state index contributed by atoms with van der Waals surface area (Å²) < 4.78 is 0. The first kappa shape index (κ1) is 18.9. The lowest BCUT2D eigenvalue weighted by atomic mass is 9.82. The summed E-state index contributed by atoms with van der Waals surface area (Å²) in [5, 5.41) is 13.1. The van der Waals surface area contributed by atoms with Crippen LogP contribution in [0.3, 0.4) is 0 Å². The zero-order valence-electron chi connectivity index (χ0n) is 15.1. The molecular formula is C22H26ClNO2. The normalized spacial score (nSPS) is 27.2. The van der Waals surface area contributed by atoms with Gasteiger partial charge in [-0.25, -0.2) is 4.79 Å². The molecule has 0 aliphatic heterocycles. The highest BCUT2D eigenvalue weighted by Crippen LogP contribution is 2.48. The molecule has 26 heavy (non-hydrogen) atoms. The molecule has 4 atom stereocenters. The molecule has 0 radical (unpaired) electrons. The molecule has 3 nitrogen and oxygen atoms in total. The van der Waals surface area contributed by atoms with Crippen LogP contribution in [0.25, 0.3) is 0 Å². The van der Waals surface area contributed by atoms with Crippen LogP contribution in [-0.2, 0) is 11.3 Å². The molecule has 0 unspecified atom stereocenters. The lowest BCUT2D eigenvalue weighted by Gasteiger charge is -2.26. The summed E-state index contributed by atoms with van der Waals surface area (Å²) in [6.07, 6.45) is 13.9. The van der Waals surface area contributed by atoms with Gasteiger partial charge in [-0.05, 0) is 67.2 Å². The Morgan fingerprint density at radius 1 is 1.31 bits per heavy atom. The predicted octanol–water partition coefficient (Wildman–Crippen LogP) is 4.76. The summed E-state index contributed by atoms with van der Waals surface area (Å²) in [7, 11) is 0. The second-order valence-electron chi connectivity index (χ2n) is 7.32. The Bertz CT molecular complexity index is 738. The van der Waals surface area contributed by atoms with E-state index in [0.717, 1.165) is 23.7 Å². The molecule has 3 rings (SSSR count). The Hall–Kier alpha value is -1.84. The molecule has 2 N–H and O–H groups in total. The topological polar surface area (TPSA) is 49.3 Å². The molecule has 0 aromatic heterocycles. The average Bonchev–Trinajstić information content (AvgIpc) is 3.18. The van der Waals surface area contributed by atoms with Crippen LogP contribution in [-0.4, -0.2) is 17.6 Å². The number of carbonyl (C=O) groups is 1. The monoisotopic (exact) mass is 371 g/mol. The first-order valence-electron chi connectivity index (χ1n) is 9.25. The van der Waals surface area contributed by atoms with E-state index in [0.29, 0.717) is 30.1 Å². The number of halogens is 1. The summed E-state index contributed by atoms with van der Waals surface area (Å²) in [6, 6.07) is 6.20. The second-order valence-corrected chi connectivity index (χ2v) is 7.73. The van der Waals surface area contributed by atoms with E-state index in [1.165, 1.54) is 18.1 Å². The Kier molecular flexibility index (Phi) is 6.33. The van der Waals surface area contributed by atoms with Crippen LogP contribution in [0.15, 0.2) is 54.7 Å². The van der Waals surface area contributed by atoms with Gasteiger partial charge in [-0.2, -0.15) is 0 Å². The van der Waals surface area contributed by atoms with Crippen LogP contribution in [0.5, 0.6) is 0 Å². The molecule has 2 bridgehead atoms. The van der Waals surface area contributed by atoms with E-state index < -0.39 is 5.97 Å². The van der Waals surface area contributed by atoms with Gasteiger partial charge in [0.2, 0.25) is 0 Å². The van der Waals surface area contributed by atoms with Crippen molar-refractivity contribution < 1.29 is 9.90 Å². The van der Waals surface area contributed by atoms with Gasteiger partial charge in [0, 0.05) is 17.6 Å². The summed E-state index contributed by atoms with van der Waals surface area (Å²) in [5.74, 6) is 1.50. The molecule has 2 aliphatic carbocycles.